The molecule has 0 aliphatic rings. The molecule has 0 bridgehead atoms. The first kappa shape index (κ1) is 13.4. The molecule has 0 radical (unpaired) electrons. The Morgan fingerprint density at radius 2 is 1.74 bits per heavy atom. The van der Waals surface area contributed by atoms with Gasteiger partial charge in [-0.15, -0.1) is 0 Å². The van der Waals surface area contributed by atoms with Gasteiger partial charge in [0.05, 0.1) is 15.6 Å². The Bertz CT molecular complexity index is 633. The van der Waals surface area contributed by atoms with Crippen LogP contribution in [-0.4, -0.2) is 21.4 Å². The lowest BCUT2D eigenvalue weighted by Gasteiger charge is -2.03. The molecule has 1 aromatic carbocycles. The summed E-state index contributed by atoms with van der Waals surface area (Å²) in [6.07, 6.45) is -1.46. The number of benzene rings is 1. The van der Waals surface area contributed by atoms with E-state index in [1.807, 2.05) is 0 Å². The van der Waals surface area contributed by atoms with Crippen molar-refractivity contribution in [3.05, 3.63) is 28.2 Å². The third kappa shape index (κ3) is 2.40. The normalized spacial score (nSPS) is 10.4. The minimum atomic E-state index is -1.46. The van der Waals surface area contributed by atoms with Gasteiger partial charge < -0.3 is 19.7 Å². The van der Waals surface area contributed by atoms with Crippen LogP contribution >= 0.6 is 23.2 Å². The number of aromatic hydroxyl groups is 2. The van der Waals surface area contributed by atoms with Crippen molar-refractivity contribution in [2.75, 3.05) is 5.32 Å². The lowest BCUT2D eigenvalue weighted by Crippen LogP contribution is -2.06. The highest BCUT2D eigenvalue weighted by Crippen LogP contribution is 2.48. The zero-order valence-electron chi connectivity index (χ0n) is 9.15. The van der Waals surface area contributed by atoms with E-state index in [0.29, 0.717) is 0 Å². The van der Waals surface area contributed by atoms with Crippen molar-refractivity contribution in [1.82, 2.24) is 0 Å². The zero-order valence-corrected chi connectivity index (χ0v) is 10.7. The van der Waals surface area contributed by atoms with Crippen molar-refractivity contribution in [2.24, 2.45) is 0 Å². The molecule has 1 amide bonds. The van der Waals surface area contributed by atoms with Gasteiger partial charge in [-0.3, -0.25) is 5.32 Å². The van der Waals surface area contributed by atoms with Gasteiger partial charge in [-0.05, 0) is 12.1 Å². The summed E-state index contributed by atoms with van der Waals surface area (Å²) in [4.78, 5) is 10.5. The van der Waals surface area contributed by atoms with Crippen LogP contribution in [0, 0.1) is 0 Å². The van der Waals surface area contributed by atoms with E-state index in [-0.39, 0.29) is 21.4 Å². The van der Waals surface area contributed by atoms with Gasteiger partial charge in [-0.2, -0.15) is 0 Å². The molecule has 0 aliphatic heterocycles. The molecule has 6 nitrogen and oxygen atoms in total. The van der Waals surface area contributed by atoms with Crippen LogP contribution in [0.2, 0.25) is 10.0 Å². The molecule has 2 rings (SSSR count). The number of rotatable bonds is 2. The number of hydrogen-bond donors (Lipinski definition) is 4. The summed E-state index contributed by atoms with van der Waals surface area (Å²) in [5.41, 5.74) is 0.150. The lowest BCUT2D eigenvalue weighted by atomic mass is 10.1. The highest BCUT2D eigenvalue weighted by molar-refractivity contribution is 6.39. The molecule has 0 saturated carbocycles. The molecule has 19 heavy (non-hydrogen) atoms. The van der Waals surface area contributed by atoms with Crippen LogP contribution in [0.15, 0.2) is 22.6 Å². The van der Waals surface area contributed by atoms with E-state index in [9.17, 15) is 15.0 Å². The number of hydrogen-bond acceptors (Lipinski definition) is 4. The summed E-state index contributed by atoms with van der Waals surface area (Å²) < 4.78 is 5.04. The molecule has 100 valence electrons. The number of nitrogens with one attached hydrogen (secondary N) is 1. The molecule has 0 saturated heterocycles. The van der Waals surface area contributed by atoms with Gasteiger partial charge in [-0.1, -0.05) is 29.3 Å². The van der Waals surface area contributed by atoms with Crippen LogP contribution in [0.25, 0.3) is 11.3 Å². The van der Waals surface area contributed by atoms with Crippen molar-refractivity contribution < 1.29 is 24.5 Å². The average molecular weight is 304 g/mol. The van der Waals surface area contributed by atoms with E-state index < -0.39 is 23.5 Å². The van der Waals surface area contributed by atoms with Crippen molar-refractivity contribution in [3.8, 4) is 22.8 Å². The van der Waals surface area contributed by atoms with Gasteiger partial charge in [0.1, 0.15) is 0 Å². The Balaban J connectivity index is 2.61. The Labute approximate surface area is 116 Å². The van der Waals surface area contributed by atoms with Gasteiger partial charge in [0.2, 0.25) is 17.4 Å². The van der Waals surface area contributed by atoms with E-state index in [1.165, 1.54) is 12.1 Å². The van der Waals surface area contributed by atoms with Crippen molar-refractivity contribution in [3.63, 3.8) is 0 Å². The van der Waals surface area contributed by atoms with Crippen LogP contribution in [0.5, 0.6) is 11.5 Å². The van der Waals surface area contributed by atoms with E-state index >= 15 is 0 Å². The third-order valence-corrected chi connectivity index (χ3v) is 2.90. The van der Waals surface area contributed by atoms with Crippen molar-refractivity contribution in [2.45, 2.75) is 0 Å². The highest BCUT2D eigenvalue weighted by atomic mass is 35.5. The molecule has 2 aromatic rings. The Kier molecular flexibility index (Phi) is 3.46. The average Bonchev–Trinajstić information content (AvgIpc) is 2.57. The molecule has 1 aromatic heterocycles. The monoisotopic (exact) mass is 303 g/mol. The molecule has 0 spiro atoms. The third-order valence-electron chi connectivity index (χ3n) is 2.27. The van der Waals surface area contributed by atoms with E-state index in [4.69, 9.17) is 32.7 Å². The van der Waals surface area contributed by atoms with Gasteiger partial charge >= 0.3 is 6.09 Å². The van der Waals surface area contributed by atoms with Crippen molar-refractivity contribution in [1.29, 1.82) is 0 Å². The fraction of sp³-hybridized carbons (Fsp3) is 0. The summed E-state index contributed by atoms with van der Waals surface area (Å²) in [7, 11) is 0. The first-order chi connectivity index (χ1) is 8.91. The van der Waals surface area contributed by atoms with Crippen LogP contribution in [0.4, 0.5) is 10.7 Å². The summed E-state index contributed by atoms with van der Waals surface area (Å²) in [6, 6.07) is 4.60. The Hall–Kier alpha value is -2.05. The first-order valence-electron chi connectivity index (χ1n) is 4.91. The predicted octanol–water partition coefficient (Wildman–Crippen LogP) is 3.75. The van der Waals surface area contributed by atoms with Gasteiger partial charge in [0.15, 0.2) is 5.76 Å². The summed E-state index contributed by atoms with van der Waals surface area (Å²) in [5, 5.41) is 30.0. The standard InChI is InChI=1S/C11H7Cl2NO5/c12-4-2-1-3-5(13)6(4)9-7(15)8(16)10(19-9)14-11(17)18/h1-3,14-16H,(H,17,18). The first-order valence-corrected chi connectivity index (χ1v) is 5.66. The predicted molar refractivity (Wildman–Crippen MR) is 69.1 cm³/mol. The minimum absolute atomic E-state index is 0.150. The maximum Gasteiger partial charge on any atom is 0.411 e. The number of amides is 1. The topological polar surface area (TPSA) is 103 Å². The molecule has 0 aliphatic carbocycles. The molecule has 4 N–H and O–H groups in total. The summed E-state index contributed by atoms with van der Waals surface area (Å²) in [6.45, 7) is 0. The number of carboxylic acid groups (broad SMARTS) is 1. The lowest BCUT2D eigenvalue weighted by molar-refractivity contribution is 0.209. The van der Waals surface area contributed by atoms with Gasteiger partial charge in [0, 0.05) is 0 Å². The van der Waals surface area contributed by atoms with Gasteiger partial charge in [0.25, 0.3) is 0 Å². The van der Waals surface area contributed by atoms with E-state index in [1.54, 1.807) is 11.4 Å². The molecule has 0 unspecified atom stereocenters. The number of carbonyl (C=O) groups is 1. The summed E-state index contributed by atoms with van der Waals surface area (Å²) in [5.74, 6) is -2.14. The second kappa shape index (κ2) is 4.91. The molecule has 0 atom stereocenters. The van der Waals surface area contributed by atoms with Crippen LogP contribution < -0.4 is 5.32 Å². The van der Waals surface area contributed by atoms with Crippen LogP contribution in [-0.2, 0) is 0 Å². The Morgan fingerprint density at radius 3 is 2.26 bits per heavy atom. The smallest absolute Gasteiger partial charge is 0.411 e. The van der Waals surface area contributed by atoms with Crippen LogP contribution in [0.3, 0.4) is 0 Å². The largest absolute Gasteiger partial charge is 0.502 e. The molecule has 0 fully saturated rings. The second-order valence-corrected chi connectivity index (χ2v) is 4.30. The fourth-order valence-corrected chi connectivity index (χ4v) is 2.05. The van der Waals surface area contributed by atoms with Gasteiger partial charge in [-0.25, -0.2) is 4.79 Å². The zero-order chi connectivity index (χ0) is 14.2. The molecular formula is C11H7Cl2NO5. The fourth-order valence-electron chi connectivity index (χ4n) is 1.48. The van der Waals surface area contributed by atoms with E-state index in [2.05, 4.69) is 0 Å². The number of halogens is 2. The SMILES string of the molecule is O=C(O)Nc1oc(-c2c(Cl)cccc2Cl)c(O)c1O. The minimum Gasteiger partial charge on any atom is -0.502 e. The van der Waals surface area contributed by atoms with Crippen LogP contribution in [0.1, 0.15) is 0 Å². The second-order valence-electron chi connectivity index (χ2n) is 3.48. The molecule has 1 heterocycles. The maximum absolute atomic E-state index is 10.5. The number of anilines is 1. The highest BCUT2D eigenvalue weighted by Gasteiger charge is 2.25. The maximum atomic E-state index is 10.5. The van der Waals surface area contributed by atoms with E-state index in [0.717, 1.165) is 0 Å². The Morgan fingerprint density at radius 1 is 1.16 bits per heavy atom. The molecule has 8 heteroatoms. The quantitative estimate of drug-likeness (QED) is 0.676. The van der Waals surface area contributed by atoms with Crippen molar-refractivity contribution >= 4 is 35.2 Å². The number of furan rings is 1. The summed E-state index contributed by atoms with van der Waals surface area (Å²) >= 11 is 11.9. The molecular weight excluding hydrogens is 297 g/mol.